The molecule has 3 aromatic rings. The fraction of sp³-hybridized carbons (Fsp3) is 0.510. The maximum Gasteiger partial charge on any atom is 0.243 e. The summed E-state index contributed by atoms with van der Waals surface area (Å²) < 4.78 is 0. The van der Waals surface area contributed by atoms with Gasteiger partial charge in [0, 0.05) is 74.8 Å². The van der Waals surface area contributed by atoms with Crippen LogP contribution in [0.4, 0.5) is 0 Å². The zero-order valence-electron chi connectivity index (χ0n) is 42.8. The van der Waals surface area contributed by atoms with Crippen molar-refractivity contribution >= 4 is 75.7 Å². The van der Waals surface area contributed by atoms with Crippen LogP contribution >= 0.6 is 0 Å². The highest BCUT2D eigenvalue weighted by molar-refractivity contribution is 5.98. The Kier molecular flexibility index (Phi) is 24.1. The van der Waals surface area contributed by atoms with Gasteiger partial charge < -0.3 is 71.3 Å². The minimum atomic E-state index is -1.45. The van der Waals surface area contributed by atoms with Gasteiger partial charge in [0.1, 0.15) is 30.0 Å². The molecule has 1 aromatic heterocycles. The Balaban J connectivity index is 1.77. The summed E-state index contributed by atoms with van der Waals surface area (Å²) >= 11 is 0. The number of hydrogen-bond acceptors (Lipinski definition) is 12. The number of aromatic nitrogens is 1. The third-order valence-electron chi connectivity index (χ3n) is 12.9. The number of carbonyl (C=O) groups excluding carboxylic acids is 9. The number of amides is 7. The molecule has 24 heteroatoms. The van der Waals surface area contributed by atoms with Crippen LogP contribution in [-0.4, -0.2) is 126 Å². The van der Waals surface area contributed by atoms with Crippen molar-refractivity contribution < 1.29 is 43.2 Å². The van der Waals surface area contributed by atoms with Crippen molar-refractivity contribution in [3.63, 3.8) is 0 Å². The molecule has 4 rings (SSSR count). The number of para-hydroxylation sites is 1. The van der Waals surface area contributed by atoms with Crippen LogP contribution in [0.25, 0.3) is 10.9 Å². The summed E-state index contributed by atoms with van der Waals surface area (Å²) in [5.74, 6) is -8.40. The number of guanidine groups is 2. The number of H-pyrrole nitrogens is 1. The molecule has 75 heavy (non-hydrogen) atoms. The van der Waals surface area contributed by atoms with Crippen molar-refractivity contribution in [2.24, 2.45) is 56.2 Å². The third kappa shape index (κ3) is 20.2. The molecule has 2 heterocycles. The molecule has 0 bridgehead atoms. The number of nitrogens with one attached hydrogen (secondary N) is 7. The number of aliphatic imine (C=N–C) groups is 2. The van der Waals surface area contributed by atoms with E-state index in [9.17, 15) is 43.2 Å². The molecular formula is C51H75N15O9. The highest BCUT2D eigenvalue weighted by Gasteiger charge is 2.35. The quantitative estimate of drug-likeness (QED) is 0.0392. The van der Waals surface area contributed by atoms with E-state index in [1.807, 2.05) is 43.3 Å². The number of nitrogens with zero attached hydrogens (tertiary/aromatic N) is 2. The van der Waals surface area contributed by atoms with Crippen LogP contribution in [0.1, 0.15) is 94.2 Å². The second-order valence-electron chi connectivity index (χ2n) is 18.8. The number of rotatable bonds is 18. The van der Waals surface area contributed by atoms with Gasteiger partial charge >= 0.3 is 0 Å². The second-order valence-corrected chi connectivity index (χ2v) is 18.8. The maximum atomic E-state index is 14.8. The van der Waals surface area contributed by atoms with Gasteiger partial charge in [0.05, 0.1) is 6.04 Å². The lowest BCUT2D eigenvalue weighted by Crippen LogP contribution is -2.58. The molecular weight excluding hydrogens is 967 g/mol. The van der Waals surface area contributed by atoms with Crippen LogP contribution in [-0.2, 0) is 56.0 Å². The summed E-state index contributed by atoms with van der Waals surface area (Å²) in [6, 6.07) is 8.21. The minimum absolute atomic E-state index is 0.00231. The Hall–Kier alpha value is -7.89. The van der Waals surface area contributed by atoms with E-state index in [1.165, 1.54) is 6.92 Å². The second kappa shape index (κ2) is 30.3. The average molecular weight is 1040 g/mol. The summed E-state index contributed by atoms with van der Waals surface area (Å²) in [5.41, 5.74) is 36.9. The van der Waals surface area contributed by atoms with Gasteiger partial charge in [-0.3, -0.25) is 53.1 Å². The molecule has 1 aliphatic rings. The Morgan fingerprint density at radius 1 is 0.733 bits per heavy atom. The number of fused-ring (bicyclic) bond motifs is 1. The van der Waals surface area contributed by atoms with Gasteiger partial charge in [-0.2, -0.15) is 0 Å². The summed E-state index contributed by atoms with van der Waals surface area (Å²) in [5, 5.41) is 16.9. The van der Waals surface area contributed by atoms with E-state index >= 15 is 0 Å². The smallest absolute Gasteiger partial charge is 0.243 e. The molecule has 0 spiro atoms. The van der Waals surface area contributed by atoms with Crippen LogP contribution < -0.4 is 66.3 Å². The van der Waals surface area contributed by atoms with Gasteiger partial charge in [-0.05, 0) is 100 Å². The highest BCUT2D eigenvalue weighted by Crippen LogP contribution is 2.26. The standard InChI is InChI=1S/C51H75N15O9/c1-29-10-3-4-11-31(29)25-41-43(69)26-32(12-7-22-59-50(54)55)42(68)27-33(24-34-28-61-36-14-6-5-13-35(34)36)46(72)63-37(45(53)71)15-8-21-58-44(70)18-17-39(48(74)65-40(19-20-52)49(75)66-41)64-47(73)38(62-30(2)67)16-9-23-60-51(56)57/h3-6,10-11,13-14,28,32-33,37-41,61H,7-9,12,15-27,52H2,1-2H3,(H2,53,71)(H,58,70)(H,62,67)(H,63,72)(H,64,73)(H,65,74)(H,66,75)(H4,54,55,59)(H4,56,57,60)/t32-,33-,37+,38+,39+,40+,41-/m1/s1. The molecule has 1 saturated heterocycles. The van der Waals surface area contributed by atoms with E-state index in [4.69, 9.17) is 34.4 Å². The number of aryl methyl sites for hydroxylation is 1. The Morgan fingerprint density at radius 3 is 2.08 bits per heavy atom. The van der Waals surface area contributed by atoms with Crippen LogP contribution in [0.2, 0.25) is 0 Å². The first-order valence-corrected chi connectivity index (χ1v) is 25.3. The molecule has 1 aliphatic heterocycles. The van der Waals surface area contributed by atoms with Gasteiger partial charge in [0.15, 0.2) is 17.7 Å². The largest absolute Gasteiger partial charge is 0.370 e. The number of primary amides is 1. The molecule has 19 N–H and O–H groups in total. The number of nitrogens with two attached hydrogens (primary N) is 6. The summed E-state index contributed by atoms with van der Waals surface area (Å²) in [6.45, 7) is 3.21. The molecule has 0 aliphatic carbocycles. The first kappa shape index (κ1) is 59.7. The lowest BCUT2D eigenvalue weighted by Gasteiger charge is -2.27. The highest BCUT2D eigenvalue weighted by atomic mass is 16.2. The molecule has 1 fully saturated rings. The van der Waals surface area contributed by atoms with Gasteiger partial charge in [0.2, 0.25) is 41.4 Å². The van der Waals surface area contributed by atoms with Gasteiger partial charge in [0.25, 0.3) is 0 Å². The van der Waals surface area contributed by atoms with E-state index in [2.05, 4.69) is 46.9 Å². The average Bonchev–Trinajstić information content (AvgIpc) is 3.77. The van der Waals surface area contributed by atoms with E-state index in [0.717, 1.165) is 22.0 Å². The van der Waals surface area contributed by atoms with Crippen molar-refractivity contribution in [1.82, 2.24) is 36.9 Å². The van der Waals surface area contributed by atoms with Crippen LogP contribution in [0, 0.1) is 18.8 Å². The fourth-order valence-corrected chi connectivity index (χ4v) is 8.86. The first-order valence-electron chi connectivity index (χ1n) is 25.3. The van der Waals surface area contributed by atoms with E-state index < -0.39 is 95.0 Å². The zero-order valence-corrected chi connectivity index (χ0v) is 42.8. The number of hydrogen-bond donors (Lipinski definition) is 13. The van der Waals surface area contributed by atoms with Gasteiger partial charge in [-0.15, -0.1) is 0 Å². The third-order valence-corrected chi connectivity index (χ3v) is 12.9. The molecule has 7 amide bonds. The molecule has 0 saturated carbocycles. The monoisotopic (exact) mass is 1040 g/mol. The van der Waals surface area contributed by atoms with Gasteiger partial charge in [-0.1, -0.05) is 42.5 Å². The van der Waals surface area contributed by atoms with Crippen molar-refractivity contribution in [2.75, 3.05) is 26.2 Å². The van der Waals surface area contributed by atoms with Gasteiger partial charge in [-0.25, -0.2) is 0 Å². The van der Waals surface area contributed by atoms with Crippen molar-refractivity contribution in [1.29, 1.82) is 0 Å². The van der Waals surface area contributed by atoms with Crippen LogP contribution in [0.15, 0.2) is 64.7 Å². The molecule has 7 atom stereocenters. The number of benzene rings is 2. The first-order chi connectivity index (χ1) is 35.8. The normalized spacial score (nSPS) is 21.3. The molecule has 0 unspecified atom stereocenters. The van der Waals surface area contributed by atoms with E-state index in [1.54, 1.807) is 18.3 Å². The lowest BCUT2D eigenvalue weighted by atomic mass is 9.83. The number of aromatic amines is 1. The van der Waals surface area contributed by atoms with Crippen LogP contribution in [0.3, 0.4) is 0 Å². The fourth-order valence-electron chi connectivity index (χ4n) is 8.86. The number of carbonyl (C=O) groups is 9. The van der Waals surface area contributed by atoms with Crippen molar-refractivity contribution in [3.05, 3.63) is 71.4 Å². The summed E-state index contributed by atoms with van der Waals surface area (Å²) in [6.07, 6.45) is 1.18. The topological polar surface area (TPSA) is 422 Å². The molecule has 0 radical (unpaired) electrons. The van der Waals surface area contributed by atoms with Crippen LogP contribution in [0.5, 0.6) is 0 Å². The van der Waals surface area contributed by atoms with E-state index in [-0.39, 0.29) is 122 Å². The summed E-state index contributed by atoms with van der Waals surface area (Å²) in [4.78, 5) is 136. The van der Waals surface area contributed by atoms with Crippen molar-refractivity contribution in [3.8, 4) is 0 Å². The maximum absolute atomic E-state index is 14.8. The predicted molar refractivity (Wildman–Crippen MR) is 283 cm³/mol. The van der Waals surface area contributed by atoms with E-state index in [0.29, 0.717) is 5.56 Å². The SMILES string of the molecule is CC(=O)N[C@@H](CCCN=C(N)N)C(=O)N[C@H]1CCC(=O)NCCC[C@@H](C(N)=O)NC(=O)[C@H](Cc2c[nH]c3ccccc23)CC(=O)[C@H](CCCN=C(N)N)CC(=O)[C@@H](Cc2ccccc2C)NC(=O)[C@H](CCN)NC1=O. The zero-order chi connectivity index (χ0) is 55.0. The Bertz CT molecular complexity index is 2540. The predicted octanol–water partition coefficient (Wildman–Crippen LogP) is -1.51. The Morgan fingerprint density at radius 2 is 1.40 bits per heavy atom. The lowest BCUT2D eigenvalue weighted by molar-refractivity contribution is -0.135. The summed E-state index contributed by atoms with van der Waals surface area (Å²) in [7, 11) is 0. The Labute approximate surface area is 435 Å². The molecule has 408 valence electrons. The number of ketones is 2. The molecule has 2 aromatic carbocycles. The minimum Gasteiger partial charge on any atom is -0.370 e. The van der Waals surface area contributed by atoms with Crippen molar-refractivity contribution in [2.45, 2.75) is 128 Å². The molecule has 24 nitrogen and oxygen atoms in total. The number of Topliss-reactive ketones (excluding diaryl/α,β-unsaturated/α-hetero) is 2.